The van der Waals surface area contributed by atoms with Crippen LogP contribution in [0.4, 0.5) is 4.39 Å². The second-order valence-corrected chi connectivity index (χ2v) is 5.92. The Bertz CT molecular complexity index is 401. The van der Waals surface area contributed by atoms with Crippen LogP contribution in [-0.2, 0) is 11.2 Å². The van der Waals surface area contributed by atoms with E-state index in [1.165, 1.54) is 24.3 Å². The van der Waals surface area contributed by atoms with Gasteiger partial charge in [0.1, 0.15) is 5.82 Å². The first-order chi connectivity index (χ1) is 8.65. The lowest BCUT2D eigenvalue weighted by atomic mass is 10.1. The van der Waals surface area contributed by atoms with E-state index < -0.39 is 0 Å². The Kier molecular flexibility index (Phi) is 4.78. The zero-order valence-electron chi connectivity index (χ0n) is 10.6. The largest absolute Gasteiger partial charge is 0.298 e. The molecule has 1 aliphatic heterocycles. The Morgan fingerprint density at radius 3 is 2.78 bits per heavy atom. The molecular formula is C14H18FNOS. The minimum Gasteiger partial charge on any atom is -0.298 e. The Labute approximate surface area is 112 Å². The van der Waals surface area contributed by atoms with Crippen molar-refractivity contribution in [2.24, 2.45) is 0 Å². The number of carbonyl (C=O) groups is 1. The van der Waals surface area contributed by atoms with E-state index in [0.717, 1.165) is 11.3 Å². The minimum atomic E-state index is -0.258. The summed E-state index contributed by atoms with van der Waals surface area (Å²) >= 11 is 1.95. The van der Waals surface area contributed by atoms with Crippen molar-refractivity contribution in [1.29, 1.82) is 0 Å². The van der Waals surface area contributed by atoms with Gasteiger partial charge < -0.3 is 0 Å². The Morgan fingerprint density at radius 1 is 1.44 bits per heavy atom. The van der Waals surface area contributed by atoms with Crippen LogP contribution in [-0.4, -0.2) is 41.8 Å². The molecular weight excluding hydrogens is 249 g/mol. The maximum Gasteiger partial charge on any atom is 0.151 e. The molecule has 0 amide bonds. The van der Waals surface area contributed by atoms with Gasteiger partial charge in [0.05, 0.1) is 6.54 Å². The van der Waals surface area contributed by atoms with E-state index >= 15 is 0 Å². The lowest BCUT2D eigenvalue weighted by molar-refractivity contribution is -0.119. The Hall–Kier alpha value is -0.870. The molecule has 0 radical (unpaired) electrons. The van der Waals surface area contributed by atoms with Gasteiger partial charge in [-0.25, -0.2) is 4.39 Å². The van der Waals surface area contributed by atoms with E-state index in [9.17, 15) is 9.18 Å². The summed E-state index contributed by atoms with van der Waals surface area (Å²) in [7, 11) is 2.01. The van der Waals surface area contributed by atoms with Gasteiger partial charge in [-0.3, -0.25) is 9.69 Å². The van der Waals surface area contributed by atoms with E-state index in [4.69, 9.17) is 0 Å². The van der Waals surface area contributed by atoms with Crippen LogP contribution in [0, 0.1) is 5.82 Å². The van der Waals surface area contributed by atoms with Gasteiger partial charge in [0, 0.05) is 18.2 Å². The zero-order valence-corrected chi connectivity index (χ0v) is 11.4. The number of hydrogen-bond donors (Lipinski definition) is 0. The summed E-state index contributed by atoms with van der Waals surface area (Å²) in [4.78, 5) is 14.1. The molecule has 2 nitrogen and oxygen atoms in total. The molecule has 0 saturated carbocycles. The second kappa shape index (κ2) is 6.34. The quantitative estimate of drug-likeness (QED) is 0.817. The molecule has 1 fully saturated rings. The minimum absolute atomic E-state index is 0.195. The first kappa shape index (κ1) is 13.6. The average Bonchev–Trinajstić information content (AvgIpc) is 2.85. The Balaban J connectivity index is 1.82. The molecule has 1 atom stereocenters. The topological polar surface area (TPSA) is 20.3 Å². The fourth-order valence-electron chi connectivity index (χ4n) is 2.16. The van der Waals surface area contributed by atoms with Crippen molar-refractivity contribution in [3.05, 3.63) is 35.6 Å². The second-order valence-electron chi connectivity index (χ2n) is 4.77. The van der Waals surface area contributed by atoms with Gasteiger partial charge in [0.2, 0.25) is 0 Å². The van der Waals surface area contributed by atoms with Crippen LogP contribution in [0.3, 0.4) is 0 Å². The molecule has 0 aromatic heterocycles. The van der Waals surface area contributed by atoms with Crippen molar-refractivity contribution >= 4 is 17.5 Å². The summed E-state index contributed by atoms with van der Waals surface area (Å²) < 4.78 is 12.7. The number of hydrogen-bond acceptors (Lipinski definition) is 3. The van der Waals surface area contributed by atoms with E-state index in [1.54, 1.807) is 12.1 Å². The molecule has 0 N–H and O–H groups in total. The molecule has 98 valence electrons. The van der Waals surface area contributed by atoms with E-state index in [-0.39, 0.29) is 11.6 Å². The van der Waals surface area contributed by atoms with Gasteiger partial charge >= 0.3 is 0 Å². The fourth-order valence-corrected chi connectivity index (χ4v) is 3.46. The highest BCUT2D eigenvalue weighted by Crippen LogP contribution is 2.21. The molecule has 4 heteroatoms. The summed E-state index contributed by atoms with van der Waals surface area (Å²) in [6.07, 6.45) is 1.56. The molecule has 0 bridgehead atoms. The third kappa shape index (κ3) is 3.82. The normalized spacial score (nSPS) is 19.4. The molecule has 1 saturated heterocycles. The maximum atomic E-state index is 12.7. The summed E-state index contributed by atoms with van der Waals surface area (Å²) in [5.41, 5.74) is 0.885. The highest BCUT2D eigenvalue weighted by Gasteiger charge is 2.21. The summed E-state index contributed by atoms with van der Waals surface area (Å²) in [5.74, 6) is 2.26. The molecule has 2 rings (SSSR count). The van der Waals surface area contributed by atoms with Crippen LogP contribution in [0.2, 0.25) is 0 Å². The standard InChI is InChI=1S/C14H18FNOS/c1-16(13-6-7-18-10-13)9-14(17)8-11-2-4-12(15)5-3-11/h2-5,13H,6-10H2,1H3. The first-order valence-electron chi connectivity index (χ1n) is 6.19. The van der Waals surface area contributed by atoms with Crippen LogP contribution >= 0.6 is 11.8 Å². The zero-order chi connectivity index (χ0) is 13.0. The van der Waals surface area contributed by atoms with Gasteiger partial charge in [-0.05, 0) is 36.9 Å². The maximum absolute atomic E-state index is 12.7. The van der Waals surface area contributed by atoms with Crippen molar-refractivity contribution in [2.45, 2.75) is 18.9 Å². The number of likely N-dealkylation sites (N-methyl/N-ethyl adjacent to an activating group) is 1. The lowest BCUT2D eigenvalue weighted by Gasteiger charge is -2.22. The lowest BCUT2D eigenvalue weighted by Crippen LogP contribution is -2.36. The summed E-state index contributed by atoms with van der Waals surface area (Å²) in [5, 5.41) is 0. The first-order valence-corrected chi connectivity index (χ1v) is 7.35. The highest BCUT2D eigenvalue weighted by molar-refractivity contribution is 7.99. The van der Waals surface area contributed by atoms with Gasteiger partial charge in [-0.1, -0.05) is 12.1 Å². The number of halogens is 1. The smallest absolute Gasteiger partial charge is 0.151 e. The number of ketones is 1. The third-order valence-electron chi connectivity index (χ3n) is 3.27. The molecule has 1 aromatic carbocycles. The number of benzene rings is 1. The molecule has 1 unspecified atom stereocenters. The van der Waals surface area contributed by atoms with Crippen LogP contribution in [0.15, 0.2) is 24.3 Å². The van der Waals surface area contributed by atoms with E-state index in [0.29, 0.717) is 19.0 Å². The molecule has 1 aromatic rings. The summed E-state index contributed by atoms with van der Waals surface area (Å²) in [6, 6.07) is 6.70. The SMILES string of the molecule is CN(CC(=O)Cc1ccc(F)cc1)C1CCSC1. The molecule has 0 spiro atoms. The van der Waals surface area contributed by atoms with Gasteiger partial charge in [0.25, 0.3) is 0 Å². The molecule has 18 heavy (non-hydrogen) atoms. The predicted molar refractivity (Wildman–Crippen MR) is 73.5 cm³/mol. The number of carbonyl (C=O) groups excluding carboxylic acids is 1. The fraction of sp³-hybridized carbons (Fsp3) is 0.500. The molecule has 1 aliphatic rings. The van der Waals surface area contributed by atoms with Crippen LogP contribution in [0.25, 0.3) is 0 Å². The van der Waals surface area contributed by atoms with Crippen molar-refractivity contribution in [3.8, 4) is 0 Å². The van der Waals surface area contributed by atoms with E-state index in [2.05, 4.69) is 4.90 Å². The molecule has 0 aliphatic carbocycles. The van der Waals surface area contributed by atoms with Crippen LogP contribution in [0.5, 0.6) is 0 Å². The van der Waals surface area contributed by atoms with Crippen LogP contribution in [0.1, 0.15) is 12.0 Å². The van der Waals surface area contributed by atoms with Crippen molar-refractivity contribution in [1.82, 2.24) is 4.90 Å². The monoisotopic (exact) mass is 267 g/mol. The predicted octanol–water partition coefficient (Wildman–Crippen LogP) is 2.37. The number of rotatable bonds is 5. The van der Waals surface area contributed by atoms with Crippen molar-refractivity contribution in [2.75, 3.05) is 25.1 Å². The highest BCUT2D eigenvalue weighted by atomic mass is 32.2. The number of Topliss-reactive ketones (excluding diaryl/α,β-unsaturated/α-hetero) is 1. The van der Waals surface area contributed by atoms with Crippen molar-refractivity contribution < 1.29 is 9.18 Å². The number of thioether (sulfide) groups is 1. The third-order valence-corrected chi connectivity index (χ3v) is 4.41. The van der Waals surface area contributed by atoms with Crippen molar-refractivity contribution in [3.63, 3.8) is 0 Å². The van der Waals surface area contributed by atoms with Gasteiger partial charge in [-0.2, -0.15) is 11.8 Å². The van der Waals surface area contributed by atoms with Crippen LogP contribution < -0.4 is 0 Å². The number of nitrogens with zero attached hydrogens (tertiary/aromatic N) is 1. The van der Waals surface area contributed by atoms with Gasteiger partial charge in [-0.15, -0.1) is 0 Å². The molecule has 1 heterocycles. The van der Waals surface area contributed by atoms with Gasteiger partial charge in [0.15, 0.2) is 5.78 Å². The average molecular weight is 267 g/mol. The summed E-state index contributed by atoms with van der Waals surface area (Å²) in [6.45, 7) is 0.489. The van der Waals surface area contributed by atoms with E-state index in [1.807, 2.05) is 18.8 Å². The Morgan fingerprint density at radius 2 is 2.17 bits per heavy atom.